The molecule has 0 spiro atoms. The largest absolute Gasteiger partial charge is 0.462 e. The lowest BCUT2D eigenvalue weighted by Gasteiger charge is -2.18. The molecule has 0 aromatic heterocycles. The van der Waals surface area contributed by atoms with E-state index in [9.17, 15) is 14.4 Å². The molecule has 0 bridgehead atoms. The predicted molar refractivity (Wildman–Crippen MR) is 330 cm³/mol. The molecule has 1 atom stereocenters. The van der Waals surface area contributed by atoms with Crippen LogP contribution in [-0.2, 0) is 28.6 Å². The quantitative estimate of drug-likeness (QED) is 0.0261. The van der Waals surface area contributed by atoms with Gasteiger partial charge in [0.2, 0.25) is 0 Å². The monoisotopic (exact) mass is 1060 g/mol. The van der Waals surface area contributed by atoms with Gasteiger partial charge >= 0.3 is 17.9 Å². The van der Waals surface area contributed by atoms with Gasteiger partial charge < -0.3 is 14.2 Å². The molecule has 0 aromatic rings. The van der Waals surface area contributed by atoms with Crippen LogP contribution in [0.15, 0.2) is 85.1 Å². The van der Waals surface area contributed by atoms with Crippen LogP contribution in [0, 0.1) is 0 Å². The Morgan fingerprint density at radius 3 is 0.816 bits per heavy atom. The Bertz CT molecular complexity index is 1450. The maximum absolute atomic E-state index is 12.9. The summed E-state index contributed by atoms with van der Waals surface area (Å²) in [6.45, 7) is 6.52. The molecule has 0 aliphatic heterocycles. The molecular formula is C70H122O6. The zero-order chi connectivity index (χ0) is 55.0. The first-order valence-electron chi connectivity index (χ1n) is 32.6. The second-order valence-corrected chi connectivity index (χ2v) is 21.6. The first-order chi connectivity index (χ1) is 37.5. The molecule has 1 unspecified atom stereocenters. The number of unbranched alkanes of at least 4 members (excludes halogenated alkanes) is 34. The summed E-state index contributed by atoms with van der Waals surface area (Å²) in [7, 11) is 0. The van der Waals surface area contributed by atoms with Crippen molar-refractivity contribution in [1.29, 1.82) is 0 Å². The van der Waals surface area contributed by atoms with E-state index in [1.165, 1.54) is 186 Å². The van der Waals surface area contributed by atoms with E-state index in [-0.39, 0.29) is 31.1 Å². The fourth-order valence-corrected chi connectivity index (χ4v) is 9.27. The molecule has 6 heteroatoms. The molecule has 0 aliphatic rings. The summed E-state index contributed by atoms with van der Waals surface area (Å²) in [5.41, 5.74) is 0. The SMILES string of the molecule is CC/C=C\C/C=C\C/C=C\C/C=C\C/C=C\C/C=C\CCCCCCCCCCCCCCC(=O)OCC(COC(=O)CCCCCCCCCC)OC(=O)CCCCCCCCCCC/C=C\CCCCCCCC. The van der Waals surface area contributed by atoms with Crippen LogP contribution in [0.4, 0.5) is 0 Å². The predicted octanol–water partition coefficient (Wildman–Crippen LogP) is 22.3. The van der Waals surface area contributed by atoms with Crippen molar-refractivity contribution in [3.63, 3.8) is 0 Å². The summed E-state index contributed by atoms with van der Waals surface area (Å²) in [6, 6.07) is 0. The summed E-state index contributed by atoms with van der Waals surface area (Å²) < 4.78 is 16.9. The minimum Gasteiger partial charge on any atom is -0.462 e. The number of rotatable bonds is 59. The Morgan fingerprint density at radius 1 is 0.276 bits per heavy atom. The lowest BCUT2D eigenvalue weighted by molar-refractivity contribution is -0.167. The minimum atomic E-state index is -0.775. The van der Waals surface area contributed by atoms with Crippen molar-refractivity contribution in [3.8, 4) is 0 Å². The van der Waals surface area contributed by atoms with Gasteiger partial charge in [-0.3, -0.25) is 14.4 Å². The molecule has 0 N–H and O–H groups in total. The number of hydrogen-bond acceptors (Lipinski definition) is 6. The van der Waals surface area contributed by atoms with Gasteiger partial charge in [0.05, 0.1) is 0 Å². The molecule has 0 fully saturated rings. The van der Waals surface area contributed by atoms with E-state index in [2.05, 4.69) is 106 Å². The molecule has 0 rings (SSSR count). The van der Waals surface area contributed by atoms with E-state index in [1.807, 2.05) is 0 Å². The summed E-state index contributed by atoms with van der Waals surface area (Å²) in [6.07, 6.45) is 84.7. The van der Waals surface area contributed by atoms with E-state index in [0.29, 0.717) is 19.3 Å². The number of ether oxygens (including phenoxy) is 3. The lowest BCUT2D eigenvalue weighted by atomic mass is 10.0. The van der Waals surface area contributed by atoms with Gasteiger partial charge in [0.15, 0.2) is 6.10 Å². The third-order valence-electron chi connectivity index (χ3n) is 14.1. The fourth-order valence-electron chi connectivity index (χ4n) is 9.27. The van der Waals surface area contributed by atoms with Crippen molar-refractivity contribution in [1.82, 2.24) is 0 Å². The third kappa shape index (κ3) is 61.4. The van der Waals surface area contributed by atoms with Crippen LogP contribution in [0.2, 0.25) is 0 Å². The molecule has 6 nitrogen and oxygen atoms in total. The highest BCUT2D eigenvalue weighted by Gasteiger charge is 2.19. The Labute approximate surface area is 471 Å². The van der Waals surface area contributed by atoms with Crippen molar-refractivity contribution in [2.45, 2.75) is 329 Å². The maximum atomic E-state index is 12.9. The van der Waals surface area contributed by atoms with Crippen LogP contribution >= 0.6 is 0 Å². The van der Waals surface area contributed by atoms with Crippen LogP contribution in [-0.4, -0.2) is 37.2 Å². The van der Waals surface area contributed by atoms with Crippen molar-refractivity contribution in [3.05, 3.63) is 85.1 Å². The molecule has 0 aromatic carbocycles. The highest BCUT2D eigenvalue weighted by Crippen LogP contribution is 2.17. The van der Waals surface area contributed by atoms with Gasteiger partial charge in [-0.25, -0.2) is 0 Å². The molecule has 0 heterocycles. The molecular weight excluding hydrogens is 937 g/mol. The lowest BCUT2D eigenvalue weighted by Crippen LogP contribution is -2.30. The van der Waals surface area contributed by atoms with Crippen LogP contribution < -0.4 is 0 Å². The number of allylic oxidation sites excluding steroid dienone is 14. The van der Waals surface area contributed by atoms with E-state index < -0.39 is 6.10 Å². The fraction of sp³-hybridized carbons (Fsp3) is 0.757. The number of esters is 3. The minimum absolute atomic E-state index is 0.0740. The van der Waals surface area contributed by atoms with Crippen LogP contribution in [0.5, 0.6) is 0 Å². The van der Waals surface area contributed by atoms with E-state index in [0.717, 1.165) is 96.3 Å². The average Bonchev–Trinajstić information content (AvgIpc) is 3.42. The molecule has 0 radical (unpaired) electrons. The van der Waals surface area contributed by atoms with Crippen LogP contribution in [0.25, 0.3) is 0 Å². The second kappa shape index (κ2) is 64.1. The second-order valence-electron chi connectivity index (χ2n) is 21.6. The van der Waals surface area contributed by atoms with Crippen LogP contribution in [0.3, 0.4) is 0 Å². The van der Waals surface area contributed by atoms with Gasteiger partial charge in [-0.05, 0) is 96.3 Å². The van der Waals surface area contributed by atoms with Crippen LogP contribution in [0.1, 0.15) is 323 Å². The normalized spacial score (nSPS) is 12.6. The Hall–Kier alpha value is -3.41. The maximum Gasteiger partial charge on any atom is 0.306 e. The topological polar surface area (TPSA) is 78.9 Å². The van der Waals surface area contributed by atoms with Crippen molar-refractivity contribution in [2.75, 3.05) is 13.2 Å². The smallest absolute Gasteiger partial charge is 0.306 e. The first kappa shape index (κ1) is 72.6. The summed E-state index contributed by atoms with van der Waals surface area (Å²) in [5, 5.41) is 0. The van der Waals surface area contributed by atoms with E-state index >= 15 is 0 Å². The van der Waals surface area contributed by atoms with Gasteiger partial charge in [-0.2, -0.15) is 0 Å². The van der Waals surface area contributed by atoms with Crippen molar-refractivity contribution in [2.24, 2.45) is 0 Å². The van der Waals surface area contributed by atoms with Crippen molar-refractivity contribution >= 4 is 17.9 Å². The van der Waals surface area contributed by atoms with Gasteiger partial charge in [-0.1, -0.05) is 292 Å². The number of carbonyl (C=O) groups excluding carboxylic acids is 3. The average molecular weight is 1060 g/mol. The first-order valence-corrected chi connectivity index (χ1v) is 32.6. The van der Waals surface area contributed by atoms with Gasteiger partial charge in [0.1, 0.15) is 13.2 Å². The molecule has 0 aliphatic carbocycles. The highest BCUT2D eigenvalue weighted by molar-refractivity contribution is 5.71. The zero-order valence-corrected chi connectivity index (χ0v) is 50.3. The standard InChI is InChI=1S/C70H122O6/c1-4-7-10-13-16-19-21-23-25-27-29-30-31-32-33-34-35-36-37-38-39-40-42-43-45-47-49-51-54-57-60-63-69(72)75-66-67(65-74-68(71)62-59-56-53-18-15-12-9-6-3)76-70(73)64-61-58-55-52-50-48-46-44-41-28-26-24-22-20-17-14-11-8-5-2/h7,10,16,19,23-26,29-30,32-33,35-36,67H,4-6,8-9,11-15,17-18,20-22,27-28,31,34,37-66H2,1-3H3/b10-7-,19-16-,25-23-,26-24-,30-29-,33-32-,36-35-. The summed E-state index contributed by atoms with van der Waals surface area (Å²) >= 11 is 0. The van der Waals surface area contributed by atoms with E-state index in [4.69, 9.17) is 14.2 Å². The van der Waals surface area contributed by atoms with Gasteiger partial charge in [0, 0.05) is 19.3 Å². The molecule has 76 heavy (non-hydrogen) atoms. The molecule has 0 saturated heterocycles. The molecule has 0 saturated carbocycles. The Balaban J connectivity index is 4.13. The Morgan fingerprint density at radius 2 is 0.513 bits per heavy atom. The van der Waals surface area contributed by atoms with Crippen molar-refractivity contribution < 1.29 is 28.6 Å². The van der Waals surface area contributed by atoms with Gasteiger partial charge in [0.25, 0.3) is 0 Å². The summed E-state index contributed by atoms with van der Waals surface area (Å²) in [5.74, 6) is -0.870. The van der Waals surface area contributed by atoms with Gasteiger partial charge in [-0.15, -0.1) is 0 Å². The zero-order valence-electron chi connectivity index (χ0n) is 50.3. The number of hydrogen-bond donors (Lipinski definition) is 0. The van der Waals surface area contributed by atoms with E-state index in [1.54, 1.807) is 0 Å². The number of carbonyl (C=O) groups is 3. The highest BCUT2D eigenvalue weighted by atomic mass is 16.6. The third-order valence-corrected chi connectivity index (χ3v) is 14.1. The molecule has 0 amide bonds. The molecule has 438 valence electrons. The Kier molecular flexibility index (Phi) is 61.2. The summed E-state index contributed by atoms with van der Waals surface area (Å²) in [4.78, 5) is 38.1.